The van der Waals surface area contributed by atoms with Gasteiger partial charge in [-0.3, -0.25) is 9.69 Å². The largest absolute Gasteiger partial charge is 0.497 e. The monoisotopic (exact) mass is 289 g/mol. The average Bonchev–Trinajstić information content (AvgIpc) is 3.06. The number of ketones is 1. The first kappa shape index (κ1) is 14.5. The highest BCUT2D eigenvalue weighted by molar-refractivity contribution is 6.03. The Hall–Kier alpha value is -1.39. The maximum absolute atomic E-state index is 13.1. The van der Waals surface area contributed by atoms with Gasteiger partial charge < -0.3 is 9.47 Å². The molecule has 0 amide bonds. The number of carbonyl (C=O) groups excluding carboxylic acids is 1. The van der Waals surface area contributed by atoms with Crippen LogP contribution in [0.2, 0.25) is 0 Å². The van der Waals surface area contributed by atoms with E-state index < -0.39 is 0 Å². The molecule has 1 saturated carbocycles. The SMILES string of the molecule is COc1ccc(C(=O)C2(N3CCOCC3)CCCC2)cc1. The lowest BCUT2D eigenvalue weighted by atomic mass is 9.85. The predicted octanol–water partition coefficient (Wildman–Crippen LogP) is 2.52. The first-order valence-electron chi connectivity index (χ1n) is 7.78. The third-order valence-electron chi connectivity index (χ3n) is 4.82. The van der Waals surface area contributed by atoms with Gasteiger partial charge in [-0.2, -0.15) is 0 Å². The van der Waals surface area contributed by atoms with E-state index in [4.69, 9.17) is 9.47 Å². The first-order chi connectivity index (χ1) is 10.3. The van der Waals surface area contributed by atoms with Crippen LogP contribution >= 0.6 is 0 Å². The number of carbonyl (C=O) groups is 1. The first-order valence-corrected chi connectivity index (χ1v) is 7.78. The molecule has 0 atom stereocenters. The second kappa shape index (κ2) is 6.16. The summed E-state index contributed by atoms with van der Waals surface area (Å²) in [5.41, 5.74) is 0.488. The van der Waals surface area contributed by atoms with Crippen molar-refractivity contribution in [3.63, 3.8) is 0 Å². The minimum absolute atomic E-state index is 0.268. The highest BCUT2D eigenvalue weighted by Gasteiger charge is 2.46. The smallest absolute Gasteiger partial charge is 0.183 e. The van der Waals surface area contributed by atoms with Crippen LogP contribution in [0.1, 0.15) is 36.0 Å². The van der Waals surface area contributed by atoms with Crippen LogP contribution in [-0.2, 0) is 4.74 Å². The van der Waals surface area contributed by atoms with E-state index in [1.807, 2.05) is 24.3 Å². The van der Waals surface area contributed by atoms with Crippen LogP contribution in [0, 0.1) is 0 Å². The van der Waals surface area contributed by atoms with Gasteiger partial charge in [-0.15, -0.1) is 0 Å². The van der Waals surface area contributed by atoms with Crippen LogP contribution < -0.4 is 4.74 Å². The maximum Gasteiger partial charge on any atom is 0.183 e. The molecule has 0 N–H and O–H groups in total. The summed E-state index contributed by atoms with van der Waals surface area (Å²) in [5, 5.41) is 0. The number of hydrogen-bond acceptors (Lipinski definition) is 4. The molecule has 2 fully saturated rings. The van der Waals surface area contributed by atoms with Gasteiger partial charge in [0.15, 0.2) is 5.78 Å². The Morgan fingerprint density at radius 3 is 2.33 bits per heavy atom. The number of methoxy groups -OCH3 is 1. The number of hydrogen-bond donors (Lipinski definition) is 0. The lowest BCUT2D eigenvalue weighted by Gasteiger charge is -2.42. The molecule has 1 aromatic carbocycles. The minimum atomic E-state index is -0.307. The third-order valence-corrected chi connectivity index (χ3v) is 4.82. The third kappa shape index (κ3) is 2.70. The summed E-state index contributed by atoms with van der Waals surface area (Å²) in [5.74, 6) is 1.06. The Morgan fingerprint density at radius 2 is 1.76 bits per heavy atom. The molecule has 1 heterocycles. The molecule has 0 bridgehead atoms. The van der Waals surface area contributed by atoms with Crippen molar-refractivity contribution in [1.82, 2.24) is 4.90 Å². The van der Waals surface area contributed by atoms with Gasteiger partial charge in [0.2, 0.25) is 0 Å². The van der Waals surface area contributed by atoms with Gasteiger partial charge in [0.25, 0.3) is 0 Å². The molecular weight excluding hydrogens is 266 g/mol. The van der Waals surface area contributed by atoms with E-state index in [2.05, 4.69) is 4.90 Å². The molecule has 4 heteroatoms. The van der Waals surface area contributed by atoms with Gasteiger partial charge in [-0.1, -0.05) is 12.8 Å². The van der Waals surface area contributed by atoms with Crippen molar-refractivity contribution in [2.24, 2.45) is 0 Å². The Kier molecular flexibility index (Phi) is 4.27. The second-order valence-electron chi connectivity index (χ2n) is 5.90. The summed E-state index contributed by atoms with van der Waals surface area (Å²) in [4.78, 5) is 15.5. The Bertz CT molecular complexity index is 485. The molecule has 21 heavy (non-hydrogen) atoms. The van der Waals surface area contributed by atoms with Gasteiger partial charge in [-0.25, -0.2) is 0 Å². The van der Waals surface area contributed by atoms with Gasteiger partial charge in [-0.05, 0) is 37.1 Å². The maximum atomic E-state index is 13.1. The predicted molar refractivity (Wildman–Crippen MR) is 80.9 cm³/mol. The number of Topliss-reactive ketones (excluding diaryl/α,β-unsaturated/α-hetero) is 1. The normalized spacial score (nSPS) is 22.1. The molecule has 1 saturated heterocycles. The lowest BCUT2D eigenvalue weighted by molar-refractivity contribution is -0.0130. The highest BCUT2D eigenvalue weighted by atomic mass is 16.5. The van der Waals surface area contributed by atoms with Crippen molar-refractivity contribution in [3.8, 4) is 5.75 Å². The van der Waals surface area contributed by atoms with Crippen LogP contribution in [0.5, 0.6) is 5.75 Å². The summed E-state index contributed by atoms with van der Waals surface area (Å²) >= 11 is 0. The molecular formula is C17H23NO3. The number of morpholine rings is 1. The van der Waals surface area contributed by atoms with E-state index in [0.29, 0.717) is 0 Å². The van der Waals surface area contributed by atoms with Crippen molar-refractivity contribution in [2.45, 2.75) is 31.2 Å². The Labute approximate surface area is 126 Å². The zero-order chi connectivity index (χ0) is 14.7. The fourth-order valence-corrected chi connectivity index (χ4v) is 3.65. The van der Waals surface area contributed by atoms with E-state index in [-0.39, 0.29) is 11.3 Å². The molecule has 4 nitrogen and oxygen atoms in total. The van der Waals surface area contributed by atoms with Crippen molar-refractivity contribution in [1.29, 1.82) is 0 Å². The van der Waals surface area contributed by atoms with E-state index in [9.17, 15) is 4.79 Å². The van der Waals surface area contributed by atoms with Crippen molar-refractivity contribution in [3.05, 3.63) is 29.8 Å². The van der Waals surface area contributed by atoms with Gasteiger partial charge in [0.05, 0.1) is 25.9 Å². The van der Waals surface area contributed by atoms with E-state index >= 15 is 0 Å². The van der Waals surface area contributed by atoms with E-state index in [1.165, 1.54) is 0 Å². The zero-order valence-electron chi connectivity index (χ0n) is 12.6. The average molecular weight is 289 g/mol. The van der Waals surface area contributed by atoms with Crippen LogP contribution in [0.25, 0.3) is 0 Å². The minimum Gasteiger partial charge on any atom is -0.497 e. The molecule has 114 valence electrons. The van der Waals surface area contributed by atoms with Crippen LogP contribution in [0.15, 0.2) is 24.3 Å². The van der Waals surface area contributed by atoms with Crippen LogP contribution in [0.3, 0.4) is 0 Å². The van der Waals surface area contributed by atoms with Gasteiger partial charge in [0.1, 0.15) is 5.75 Å². The quantitative estimate of drug-likeness (QED) is 0.798. The molecule has 0 aromatic heterocycles. The summed E-state index contributed by atoms with van der Waals surface area (Å²) < 4.78 is 10.6. The number of rotatable bonds is 4. The summed E-state index contributed by atoms with van der Waals surface area (Å²) in [6.45, 7) is 3.19. The van der Waals surface area contributed by atoms with Crippen molar-refractivity contribution >= 4 is 5.78 Å². The number of ether oxygens (including phenoxy) is 2. The molecule has 0 spiro atoms. The van der Waals surface area contributed by atoms with E-state index in [0.717, 1.165) is 63.3 Å². The lowest BCUT2D eigenvalue weighted by Crippen LogP contribution is -2.56. The Balaban J connectivity index is 1.86. The standard InChI is InChI=1S/C17H23NO3/c1-20-15-6-4-14(5-7-15)16(19)17(8-2-3-9-17)18-10-12-21-13-11-18/h4-7H,2-3,8-13H2,1H3. The summed E-state index contributed by atoms with van der Waals surface area (Å²) in [7, 11) is 1.64. The molecule has 3 rings (SSSR count). The second-order valence-corrected chi connectivity index (χ2v) is 5.90. The van der Waals surface area contributed by atoms with Crippen LogP contribution in [0.4, 0.5) is 0 Å². The van der Waals surface area contributed by atoms with Crippen LogP contribution in [-0.4, -0.2) is 49.6 Å². The molecule has 2 aliphatic rings. The van der Waals surface area contributed by atoms with Crippen molar-refractivity contribution < 1.29 is 14.3 Å². The fourth-order valence-electron chi connectivity index (χ4n) is 3.65. The molecule has 1 aromatic rings. The highest BCUT2D eigenvalue weighted by Crippen LogP contribution is 2.38. The van der Waals surface area contributed by atoms with Gasteiger partial charge in [0, 0.05) is 18.7 Å². The fraction of sp³-hybridized carbons (Fsp3) is 0.588. The summed E-state index contributed by atoms with van der Waals surface area (Å²) in [6, 6.07) is 7.52. The zero-order valence-corrected chi connectivity index (χ0v) is 12.6. The molecule has 1 aliphatic heterocycles. The number of nitrogens with zero attached hydrogens (tertiary/aromatic N) is 1. The van der Waals surface area contributed by atoms with Gasteiger partial charge >= 0.3 is 0 Å². The Morgan fingerprint density at radius 1 is 1.14 bits per heavy atom. The topological polar surface area (TPSA) is 38.8 Å². The molecule has 0 radical (unpaired) electrons. The summed E-state index contributed by atoms with van der Waals surface area (Å²) in [6.07, 6.45) is 4.22. The van der Waals surface area contributed by atoms with Crippen molar-refractivity contribution in [2.75, 3.05) is 33.4 Å². The van der Waals surface area contributed by atoms with E-state index in [1.54, 1.807) is 7.11 Å². The molecule has 1 aliphatic carbocycles. The number of benzene rings is 1. The molecule has 0 unspecified atom stereocenters.